The van der Waals surface area contributed by atoms with Crippen molar-refractivity contribution in [3.05, 3.63) is 53.6 Å². The molecule has 0 bridgehead atoms. The topological polar surface area (TPSA) is 161 Å². The Morgan fingerprint density at radius 3 is 1.75 bits per heavy atom. The molecule has 10 nitrogen and oxygen atoms in total. The first-order valence-electron chi connectivity index (χ1n) is 7.66. The van der Waals surface area contributed by atoms with Gasteiger partial charge in [-0.25, -0.2) is 9.59 Å². The van der Waals surface area contributed by atoms with Gasteiger partial charge in [-0.1, -0.05) is 42.5 Å². The van der Waals surface area contributed by atoms with E-state index in [9.17, 15) is 26.4 Å². The quantitative estimate of drug-likeness (QED) is 0.132. The van der Waals surface area contributed by atoms with E-state index in [0.29, 0.717) is 0 Å². The molecule has 0 unspecified atom stereocenters. The molecule has 0 aliphatic heterocycles. The van der Waals surface area contributed by atoms with Gasteiger partial charge >= 0.3 is 11.9 Å². The van der Waals surface area contributed by atoms with Gasteiger partial charge in [-0.3, -0.25) is 9.11 Å². The molecule has 0 heterocycles. The fourth-order valence-electron chi connectivity index (χ4n) is 1.67. The highest BCUT2D eigenvalue weighted by Crippen LogP contribution is 2.06. The normalized spacial score (nSPS) is 11.8. The molecule has 0 saturated heterocycles. The number of hydrogen-bond donors (Lipinski definition) is 2. The van der Waals surface area contributed by atoms with Crippen LogP contribution in [0.1, 0.15) is 5.56 Å². The first-order valence-corrected chi connectivity index (χ1v) is 10.9. The maximum Gasteiger partial charge on any atom is 0.345 e. The molecule has 1 aromatic rings. The Kier molecular flexibility index (Phi) is 8.99. The minimum Gasteiger partial charge on any atom is -0.461 e. The molecule has 1 rings (SSSR count). The molecular formula is C16H18O10S2. The summed E-state index contributed by atoms with van der Waals surface area (Å²) in [6, 6.07) is 8.81. The zero-order valence-corrected chi connectivity index (χ0v) is 16.1. The van der Waals surface area contributed by atoms with Crippen molar-refractivity contribution in [1.82, 2.24) is 0 Å². The van der Waals surface area contributed by atoms with Gasteiger partial charge in [0.05, 0.1) is 0 Å². The molecule has 0 aromatic heterocycles. The van der Waals surface area contributed by atoms with E-state index in [4.69, 9.17) is 9.11 Å². The van der Waals surface area contributed by atoms with Gasteiger partial charge in [0.25, 0.3) is 20.2 Å². The molecule has 0 atom stereocenters. The average molecular weight is 434 g/mol. The largest absolute Gasteiger partial charge is 0.461 e. The SMILES string of the molecule is O=C(OCCS(=O)(=O)O)C(=C/C=C/c1ccccc1)C(=O)OCCS(=O)(=O)O. The summed E-state index contributed by atoms with van der Waals surface area (Å²) < 4.78 is 69.0. The lowest BCUT2D eigenvalue weighted by atomic mass is 10.2. The molecule has 1 aromatic carbocycles. The summed E-state index contributed by atoms with van der Waals surface area (Å²) in [6.07, 6.45) is 3.92. The van der Waals surface area contributed by atoms with Crippen molar-refractivity contribution in [2.75, 3.05) is 24.7 Å². The van der Waals surface area contributed by atoms with Crippen LogP contribution in [-0.2, 0) is 39.3 Å². The summed E-state index contributed by atoms with van der Waals surface area (Å²) in [5.41, 5.74) is 0.107. The first kappa shape index (κ1) is 23.5. The van der Waals surface area contributed by atoms with Crippen LogP contribution in [0.15, 0.2) is 48.1 Å². The molecule has 2 N–H and O–H groups in total. The fourth-order valence-corrected chi connectivity index (χ4v) is 2.26. The second-order valence-corrected chi connectivity index (χ2v) is 8.34. The van der Waals surface area contributed by atoms with Crippen molar-refractivity contribution in [2.45, 2.75) is 0 Å². The van der Waals surface area contributed by atoms with Gasteiger partial charge in [0.2, 0.25) is 0 Å². The Morgan fingerprint density at radius 1 is 0.857 bits per heavy atom. The molecule has 28 heavy (non-hydrogen) atoms. The number of carbonyl (C=O) groups excluding carboxylic acids is 2. The van der Waals surface area contributed by atoms with Crippen molar-refractivity contribution in [3.63, 3.8) is 0 Å². The lowest BCUT2D eigenvalue weighted by molar-refractivity contribution is -0.146. The van der Waals surface area contributed by atoms with E-state index >= 15 is 0 Å². The summed E-state index contributed by atoms with van der Waals surface area (Å²) in [4.78, 5) is 24.0. The third-order valence-corrected chi connectivity index (χ3v) is 4.31. The second-order valence-electron chi connectivity index (χ2n) is 5.19. The number of ether oxygens (including phenoxy) is 2. The van der Waals surface area contributed by atoms with Crippen molar-refractivity contribution in [1.29, 1.82) is 0 Å². The van der Waals surface area contributed by atoms with Gasteiger partial charge in [0.1, 0.15) is 30.3 Å². The highest BCUT2D eigenvalue weighted by Gasteiger charge is 2.22. The summed E-state index contributed by atoms with van der Waals surface area (Å²) in [6.45, 7) is -1.43. The van der Waals surface area contributed by atoms with E-state index in [1.54, 1.807) is 36.4 Å². The Bertz CT molecular complexity index is 892. The highest BCUT2D eigenvalue weighted by atomic mass is 32.2. The minimum absolute atomic E-state index is 0.641. The Hall–Kier alpha value is -2.54. The summed E-state index contributed by atoms with van der Waals surface area (Å²) in [5.74, 6) is -4.22. The van der Waals surface area contributed by atoms with Crippen LogP contribution in [0.3, 0.4) is 0 Å². The van der Waals surface area contributed by atoms with Crippen molar-refractivity contribution in [3.8, 4) is 0 Å². The number of allylic oxidation sites excluding steroid dienone is 2. The Balaban J connectivity index is 2.88. The van der Waals surface area contributed by atoms with E-state index in [2.05, 4.69) is 9.47 Å². The monoisotopic (exact) mass is 434 g/mol. The summed E-state index contributed by atoms with van der Waals surface area (Å²) >= 11 is 0. The maximum absolute atomic E-state index is 12.0. The molecule has 0 aliphatic rings. The highest BCUT2D eigenvalue weighted by molar-refractivity contribution is 7.86. The van der Waals surface area contributed by atoms with E-state index in [-0.39, 0.29) is 0 Å². The summed E-state index contributed by atoms with van der Waals surface area (Å²) in [5, 5.41) is 0. The van der Waals surface area contributed by atoms with Gasteiger partial charge in [0, 0.05) is 0 Å². The number of rotatable bonds is 10. The van der Waals surface area contributed by atoms with Crippen LogP contribution in [-0.4, -0.2) is 62.6 Å². The second kappa shape index (κ2) is 10.7. The lowest BCUT2D eigenvalue weighted by Crippen LogP contribution is -2.23. The van der Waals surface area contributed by atoms with Gasteiger partial charge in [-0.15, -0.1) is 0 Å². The van der Waals surface area contributed by atoms with E-state index in [1.807, 2.05) is 0 Å². The van der Waals surface area contributed by atoms with Gasteiger partial charge < -0.3 is 9.47 Å². The Labute approximate surface area is 162 Å². The van der Waals surface area contributed by atoms with E-state index < -0.39 is 62.5 Å². The van der Waals surface area contributed by atoms with Crippen LogP contribution in [0.4, 0.5) is 0 Å². The number of hydrogen-bond acceptors (Lipinski definition) is 8. The van der Waals surface area contributed by atoms with Crippen LogP contribution >= 0.6 is 0 Å². The zero-order chi connectivity index (χ0) is 21.2. The van der Waals surface area contributed by atoms with E-state index in [1.165, 1.54) is 6.08 Å². The lowest BCUT2D eigenvalue weighted by Gasteiger charge is -2.07. The molecule has 0 saturated carbocycles. The molecule has 0 aliphatic carbocycles. The maximum atomic E-state index is 12.0. The molecule has 0 spiro atoms. The van der Waals surface area contributed by atoms with Crippen LogP contribution in [0.5, 0.6) is 0 Å². The number of esters is 2. The average Bonchev–Trinajstić information content (AvgIpc) is 2.57. The molecular weight excluding hydrogens is 416 g/mol. The molecule has 0 amide bonds. The van der Waals surface area contributed by atoms with Gasteiger partial charge in [0.15, 0.2) is 0 Å². The van der Waals surface area contributed by atoms with Crippen LogP contribution < -0.4 is 0 Å². The molecule has 0 fully saturated rings. The molecule has 154 valence electrons. The number of benzene rings is 1. The summed E-state index contributed by atoms with van der Waals surface area (Å²) in [7, 11) is -8.74. The van der Waals surface area contributed by atoms with Gasteiger partial charge in [-0.05, 0) is 11.6 Å². The predicted molar refractivity (Wildman–Crippen MR) is 98.3 cm³/mol. The minimum atomic E-state index is -4.37. The van der Waals surface area contributed by atoms with Crippen LogP contribution in [0.2, 0.25) is 0 Å². The van der Waals surface area contributed by atoms with E-state index in [0.717, 1.165) is 11.6 Å². The Morgan fingerprint density at radius 2 is 1.32 bits per heavy atom. The van der Waals surface area contributed by atoms with Crippen molar-refractivity contribution in [2.24, 2.45) is 0 Å². The fraction of sp³-hybridized carbons (Fsp3) is 0.250. The van der Waals surface area contributed by atoms with Crippen molar-refractivity contribution >= 4 is 38.3 Å². The standard InChI is InChI=1S/C16H18O10S2/c17-15(25-9-11-27(19,20)21)14(16(18)26-10-12-28(22,23)24)8-4-7-13-5-2-1-3-6-13/h1-8H,9-12H2,(H,19,20,21)(H,22,23,24)/b7-4+. The van der Waals surface area contributed by atoms with Crippen LogP contribution in [0.25, 0.3) is 6.08 Å². The van der Waals surface area contributed by atoms with Crippen molar-refractivity contribution < 1.29 is 45.0 Å². The molecule has 0 radical (unpaired) electrons. The predicted octanol–water partition coefficient (Wildman–Crippen LogP) is 0.488. The first-order chi connectivity index (χ1) is 13.0. The third kappa shape index (κ3) is 10.6. The number of carbonyl (C=O) groups is 2. The smallest absolute Gasteiger partial charge is 0.345 e. The van der Waals surface area contributed by atoms with Crippen LogP contribution in [0, 0.1) is 0 Å². The zero-order valence-electron chi connectivity index (χ0n) is 14.4. The molecule has 12 heteroatoms. The van der Waals surface area contributed by atoms with Gasteiger partial charge in [-0.2, -0.15) is 16.8 Å². The third-order valence-electron chi connectivity index (χ3n) is 2.94.